The predicted molar refractivity (Wildman–Crippen MR) is 135 cm³/mol. The van der Waals surface area contributed by atoms with Crippen LogP contribution in [0.1, 0.15) is 37.7 Å². The molecular formula is C24H26N4O6S2. The number of hydrogen-bond donors (Lipinski definition) is 1. The van der Waals surface area contributed by atoms with Crippen molar-refractivity contribution in [3.8, 4) is 5.88 Å². The number of carbonyl (C=O) groups is 1. The van der Waals surface area contributed by atoms with Crippen molar-refractivity contribution in [2.45, 2.75) is 48.4 Å². The second-order valence-electron chi connectivity index (χ2n) is 8.66. The lowest BCUT2D eigenvalue weighted by molar-refractivity contribution is -0.110. The van der Waals surface area contributed by atoms with Gasteiger partial charge in [0.15, 0.2) is 26.8 Å². The van der Waals surface area contributed by atoms with Crippen molar-refractivity contribution in [2.24, 2.45) is 5.16 Å². The number of oxime groups is 1. The van der Waals surface area contributed by atoms with Gasteiger partial charge < -0.3 is 14.3 Å². The van der Waals surface area contributed by atoms with Gasteiger partial charge in [0.05, 0.1) is 30.5 Å². The molecule has 3 aromatic rings. The molecule has 0 unspecified atom stereocenters. The first kappa shape index (κ1) is 24.6. The molecule has 1 aliphatic heterocycles. The first-order valence-corrected chi connectivity index (χ1v) is 14.1. The third kappa shape index (κ3) is 5.20. The van der Waals surface area contributed by atoms with Gasteiger partial charge in [-0.25, -0.2) is 18.4 Å². The van der Waals surface area contributed by atoms with Gasteiger partial charge in [-0.2, -0.15) is 0 Å². The maximum atomic E-state index is 13.3. The predicted octanol–water partition coefficient (Wildman–Crippen LogP) is 3.56. The Morgan fingerprint density at radius 3 is 2.58 bits per heavy atom. The fourth-order valence-corrected chi connectivity index (χ4v) is 6.94. The monoisotopic (exact) mass is 530 g/mol. The number of fused-ring (bicyclic) bond motifs is 1. The van der Waals surface area contributed by atoms with Gasteiger partial charge in [-0.05, 0) is 31.0 Å². The van der Waals surface area contributed by atoms with Gasteiger partial charge in [0, 0.05) is 18.1 Å². The van der Waals surface area contributed by atoms with E-state index in [1.54, 1.807) is 24.3 Å². The molecule has 190 valence electrons. The van der Waals surface area contributed by atoms with Crippen LogP contribution in [0.5, 0.6) is 5.88 Å². The molecule has 5 rings (SSSR count). The van der Waals surface area contributed by atoms with Crippen molar-refractivity contribution in [3.05, 3.63) is 42.0 Å². The highest BCUT2D eigenvalue weighted by Crippen LogP contribution is 2.30. The summed E-state index contributed by atoms with van der Waals surface area (Å²) in [7, 11) is -1.88. The number of methoxy groups -OCH3 is 1. The molecule has 3 heterocycles. The number of amides is 1. The Kier molecular flexibility index (Phi) is 7.17. The number of benzene rings is 1. The Balaban J connectivity index is 1.40. The second-order valence-corrected chi connectivity index (χ2v) is 11.9. The largest absolute Gasteiger partial charge is 0.481 e. The number of aromatic nitrogens is 2. The Bertz CT molecular complexity index is 1380. The summed E-state index contributed by atoms with van der Waals surface area (Å²) in [5.41, 5.74) is 1.06. The van der Waals surface area contributed by atoms with E-state index in [0.717, 1.165) is 12.8 Å². The minimum atomic E-state index is -3.41. The molecule has 10 nitrogen and oxygen atoms in total. The molecule has 2 aliphatic rings. The zero-order valence-electron chi connectivity index (χ0n) is 19.7. The van der Waals surface area contributed by atoms with Gasteiger partial charge in [0.1, 0.15) is 10.3 Å². The molecule has 1 aromatic carbocycles. The summed E-state index contributed by atoms with van der Waals surface area (Å²) in [6, 6.07) is 9.67. The van der Waals surface area contributed by atoms with Gasteiger partial charge in [-0.3, -0.25) is 10.1 Å². The molecule has 1 N–H and O–H groups in total. The van der Waals surface area contributed by atoms with Crippen LogP contribution in [-0.4, -0.2) is 61.7 Å². The molecule has 2 aromatic heterocycles. The van der Waals surface area contributed by atoms with Gasteiger partial charge >= 0.3 is 0 Å². The number of thiazole rings is 1. The molecule has 1 saturated heterocycles. The maximum absolute atomic E-state index is 13.3. The Morgan fingerprint density at radius 1 is 1.11 bits per heavy atom. The Labute approximate surface area is 212 Å². The summed E-state index contributed by atoms with van der Waals surface area (Å²) >= 11 is 1.20. The summed E-state index contributed by atoms with van der Waals surface area (Å²) in [6.45, 7) is 0.958. The molecule has 1 amide bonds. The smallest absolute Gasteiger partial charge is 0.280 e. The van der Waals surface area contributed by atoms with Crippen LogP contribution in [0.4, 0.5) is 5.13 Å². The highest BCUT2D eigenvalue weighted by atomic mass is 32.2. The van der Waals surface area contributed by atoms with Crippen LogP contribution in [0.25, 0.3) is 10.3 Å². The van der Waals surface area contributed by atoms with Crippen molar-refractivity contribution in [2.75, 3.05) is 25.6 Å². The van der Waals surface area contributed by atoms with Crippen molar-refractivity contribution >= 4 is 48.3 Å². The lowest BCUT2D eigenvalue weighted by Crippen LogP contribution is -2.25. The van der Waals surface area contributed by atoms with Crippen LogP contribution in [0, 0.1) is 0 Å². The number of hydrogen-bond acceptors (Lipinski definition) is 10. The topological polar surface area (TPSA) is 129 Å². The van der Waals surface area contributed by atoms with Crippen molar-refractivity contribution in [1.82, 2.24) is 9.97 Å². The number of sulfone groups is 1. The van der Waals surface area contributed by atoms with Crippen LogP contribution in [-0.2, 0) is 24.2 Å². The maximum Gasteiger partial charge on any atom is 0.280 e. The number of pyridine rings is 1. The fraction of sp³-hybridized carbons (Fsp3) is 0.417. The molecule has 1 atom stereocenters. The zero-order chi connectivity index (χ0) is 25.1. The van der Waals surface area contributed by atoms with E-state index < -0.39 is 15.7 Å². The Morgan fingerprint density at radius 2 is 1.89 bits per heavy atom. The third-order valence-electron chi connectivity index (χ3n) is 6.25. The number of carbonyl (C=O) groups excluding carboxylic acids is 1. The molecule has 0 bridgehead atoms. The van der Waals surface area contributed by atoms with Crippen LogP contribution in [0.3, 0.4) is 0 Å². The summed E-state index contributed by atoms with van der Waals surface area (Å²) in [5.74, 6) is -0.0857. The quantitative estimate of drug-likeness (QED) is 0.346. The van der Waals surface area contributed by atoms with Crippen molar-refractivity contribution in [1.29, 1.82) is 0 Å². The van der Waals surface area contributed by atoms with E-state index in [-0.39, 0.29) is 22.0 Å². The Hall–Kier alpha value is -3.09. The number of ether oxygens (including phenoxy) is 2. The number of anilines is 1. The van der Waals surface area contributed by atoms with Gasteiger partial charge in [-0.1, -0.05) is 41.5 Å². The van der Waals surface area contributed by atoms with Crippen molar-refractivity contribution < 1.29 is 27.5 Å². The average molecular weight is 531 g/mol. The van der Waals surface area contributed by atoms with E-state index in [1.807, 2.05) is 0 Å². The summed E-state index contributed by atoms with van der Waals surface area (Å²) in [4.78, 5) is 28.4. The minimum Gasteiger partial charge on any atom is -0.481 e. The lowest BCUT2D eigenvalue weighted by Gasteiger charge is -2.12. The summed E-state index contributed by atoms with van der Waals surface area (Å²) in [5, 5.41) is 6.89. The molecule has 1 saturated carbocycles. The highest BCUT2D eigenvalue weighted by molar-refractivity contribution is 7.92. The van der Waals surface area contributed by atoms with E-state index in [9.17, 15) is 13.2 Å². The number of nitrogens with zero attached hydrogens (tertiary/aromatic N) is 3. The van der Waals surface area contributed by atoms with E-state index in [4.69, 9.17) is 14.3 Å². The van der Waals surface area contributed by atoms with Crippen molar-refractivity contribution in [3.63, 3.8) is 0 Å². The van der Waals surface area contributed by atoms with Gasteiger partial charge in [-0.15, -0.1) is 0 Å². The molecular weight excluding hydrogens is 504 g/mol. The standard InChI is InChI=1S/C24H26N4O6S2/c1-32-20-11-10-19-23(26-20)35-24(25-19)27-22(29)21(28-34-16-12-13-33-14-16)15-6-8-18(9-7-15)36(30,31)17-4-2-3-5-17/h6-11,16-17H,2-5,12-14H2,1H3,(H,25,27,29)/t16-/m1/s1. The van der Waals surface area contributed by atoms with Gasteiger partial charge in [0.2, 0.25) is 5.88 Å². The number of rotatable bonds is 8. The molecule has 1 aliphatic carbocycles. The van der Waals surface area contributed by atoms with E-state index in [2.05, 4.69) is 20.4 Å². The SMILES string of the molecule is COc1ccc2nc(NC(=O)C(=NO[C@@H]3CCOC3)c3ccc(S(=O)(=O)C4CCCC4)cc3)sc2n1. The number of nitrogens with one attached hydrogen (secondary N) is 1. The van der Waals surface area contributed by atoms with Crippen LogP contribution >= 0.6 is 11.3 Å². The molecule has 2 fully saturated rings. The molecule has 0 radical (unpaired) electrons. The summed E-state index contributed by atoms with van der Waals surface area (Å²) in [6.07, 6.45) is 3.62. The first-order valence-electron chi connectivity index (χ1n) is 11.7. The van der Waals surface area contributed by atoms with E-state index in [1.165, 1.54) is 30.6 Å². The third-order valence-corrected chi connectivity index (χ3v) is 9.41. The van der Waals surface area contributed by atoms with Crippen LogP contribution in [0.2, 0.25) is 0 Å². The average Bonchev–Trinajstić information content (AvgIpc) is 3.66. The summed E-state index contributed by atoms with van der Waals surface area (Å²) < 4.78 is 36.4. The minimum absolute atomic E-state index is 0.0107. The van der Waals surface area contributed by atoms with E-state index >= 15 is 0 Å². The highest BCUT2D eigenvalue weighted by Gasteiger charge is 2.30. The molecule has 36 heavy (non-hydrogen) atoms. The second kappa shape index (κ2) is 10.5. The van der Waals surface area contributed by atoms with Gasteiger partial charge in [0.25, 0.3) is 5.91 Å². The zero-order valence-corrected chi connectivity index (χ0v) is 21.3. The molecule has 12 heteroatoms. The lowest BCUT2D eigenvalue weighted by atomic mass is 10.1. The van der Waals surface area contributed by atoms with E-state index in [0.29, 0.717) is 59.4 Å². The first-order chi connectivity index (χ1) is 17.4. The molecule has 0 spiro atoms. The normalized spacial score (nSPS) is 19.0. The van der Waals surface area contributed by atoms with Crippen LogP contribution < -0.4 is 10.1 Å². The van der Waals surface area contributed by atoms with Crippen LogP contribution in [0.15, 0.2) is 46.4 Å². The fourth-order valence-electron chi connectivity index (χ4n) is 4.27.